The Morgan fingerprint density at radius 1 is 0.574 bits per heavy atom. The molecule has 0 radical (unpaired) electrons. The van der Waals surface area contributed by atoms with Crippen molar-refractivity contribution in [3.05, 3.63) is 145 Å². The minimum absolute atomic E-state index is 0.175. The van der Waals surface area contributed by atoms with E-state index in [4.69, 9.17) is 32.5 Å². The summed E-state index contributed by atoms with van der Waals surface area (Å²) in [7, 11) is 0. The van der Waals surface area contributed by atoms with Gasteiger partial charge in [-0.3, -0.25) is 0 Å². The predicted molar refractivity (Wildman–Crippen MR) is 196 cm³/mol. The molecule has 9 aromatic rings. The van der Waals surface area contributed by atoms with E-state index in [0.29, 0.717) is 11.6 Å². The number of nitrogens with zero attached hydrogens (tertiary/aromatic N) is 1. The number of hydrogen-bond acceptors (Lipinski definition) is 3. The zero-order chi connectivity index (χ0) is 51.5. The molecule has 0 atom stereocenters. The molecule has 0 N–H and O–H groups in total. The van der Waals surface area contributed by atoms with E-state index in [9.17, 15) is 9.60 Å². The Morgan fingerprint density at radius 3 is 2.13 bits per heavy atom. The number of para-hydroxylation sites is 3. The maximum Gasteiger partial charge on any atom is 0.289 e. The minimum Gasteiger partial charge on any atom is -0.458 e. The van der Waals surface area contributed by atoms with Crippen molar-refractivity contribution in [3.63, 3.8) is 0 Å². The van der Waals surface area contributed by atoms with Crippen LogP contribution in [-0.4, -0.2) is 10.6 Å². The highest BCUT2D eigenvalue weighted by molar-refractivity contribution is 8.28. The van der Waals surface area contributed by atoms with Gasteiger partial charge in [-0.15, -0.1) is 0 Å². The van der Waals surface area contributed by atoms with Gasteiger partial charge in [0.25, 0.3) is 5.99 Å². The average Bonchev–Trinajstić information content (AvgIpc) is 3.92. The second kappa shape index (κ2) is 9.44. The van der Waals surface area contributed by atoms with E-state index in [2.05, 4.69) is 0 Å². The zero-order valence-electron chi connectivity index (χ0n) is 47.2. The second-order valence-corrected chi connectivity index (χ2v) is 11.7. The molecule has 47 heavy (non-hydrogen) atoms. The summed E-state index contributed by atoms with van der Waals surface area (Å²) in [5.74, 6) is -2.57. The zero-order valence-corrected chi connectivity index (χ0v) is 24.1. The Hall–Kier alpha value is -5.65. The molecule has 5 heteroatoms. The van der Waals surface area contributed by atoms with Crippen LogP contribution < -0.4 is 15.7 Å². The normalized spacial score (nSPS) is 20.3. The highest BCUT2D eigenvalue weighted by atomic mass is 32.2. The van der Waals surface area contributed by atoms with Crippen molar-refractivity contribution in [2.45, 2.75) is 4.90 Å². The van der Waals surface area contributed by atoms with Crippen LogP contribution in [0.15, 0.2) is 154 Å². The topological polar surface area (TPSA) is 27.3 Å². The van der Waals surface area contributed by atoms with Crippen molar-refractivity contribution >= 4 is 72.3 Å². The number of furan rings is 1. The first-order valence-electron chi connectivity index (χ1n) is 26.0. The van der Waals surface area contributed by atoms with Crippen molar-refractivity contribution in [1.82, 2.24) is 4.57 Å². The quantitative estimate of drug-likeness (QED) is 0.176. The predicted octanol–water partition coefficient (Wildman–Crippen LogP) is 10.3. The molecule has 2 aliphatic heterocycles. The second-order valence-electron chi connectivity index (χ2n) is 10.6. The van der Waals surface area contributed by atoms with Crippen molar-refractivity contribution in [1.29, 1.82) is 0 Å². The van der Waals surface area contributed by atoms with Crippen LogP contribution in [0.25, 0.3) is 71.7 Å². The van der Waals surface area contributed by atoms with Crippen LogP contribution in [0, 0.1) is 0 Å². The van der Waals surface area contributed by atoms with Gasteiger partial charge in [-0.1, -0.05) is 84.6 Å². The summed E-state index contributed by atoms with van der Waals surface area (Å²) < 4.78 is 228. The van der Waals surface area contributed by atoms with Crippen LogP contribution in [0.3, 0.4) is 0 Å². The number of fused-ring (bicyclic) bond motifs is 10. The lowest BCUT2D eigenvalue weighted by molar-refractivity contribution is 0.488. The van der Waals surface area contributed by atoms with Crippen LogP contribution in [-0.2, 0) is 0 Å². The van der Waals surface area contributed by atoms with Crippen LogP contribution in [0.1, 0.15) is 32.9 Å². The van der Waals surface area contributed by atoms with Gasteiger partial charge >= 0.3 is 0 Å². The van der Waals surface area contributed by atoms with E-state index < -0.39 is 202 Å². The molecule has 2 aliphatic rings. The van der Waals surface area contributed by atoms with E-state index in [1.807, 2.05) is 0 Å². The van der Waals surface area contributed by atoms with Crippen molar-refractivity contribution in [2.24, 2.45) is 0 Å². The van der Waals surface area contributed by atoms with Crippen molar-refractivity contribution in [3.8, 4) is 39.4 Å². The summed E-state index contributed by atoms with van der Waals surface area (Å²) in [6.45, 7) is 0. The molecular weight excluding hydrogens is 593 g/mol. The number of rotatable bonds is 2. The van der Waals surface area contributed by atoms with Crippen LogP contribution >= 0.6 is 11.6 Å². The Bertz CT molecular complexity index is 4060. The van der Waals surface area contributed by atoms with E-state index in [-0.39, 0.29) is 48.5 Å². The molecule has 7 aromatic carbocycles. The van der Waals surface area contributed by atoms with Gasteiger partial charge in [0.15, 0.2) is 0 Å². The fourth-order valence-corrected chi connectivity index (χ4v) is 7.43. The molecular formula is C42H24BNO2S. The van der Waals surface area contributed by atoms with Gasteiger partial charge in [-0.2, -0.15) is 11.6 Å². The molecule has 0 unspecified atom stereocenters. The molecule has 0 amide bonds. The van der Waals surface area contributed by atoms with E-state index in [0.717, 1.165) is 4.57 Å². The largest absolute Gasteiger partial charge is 0.458 e. The van der Waals surface area contributed by atoms with Crippen LogP contribution in [0.5, 0.6) is 11.5 Å². The third kappa shape index (κ3) is 3.55. The van der Waals surface area contributed by atoms with Gasteiger partial charge in [-0.05, 0) is 93.6 Å². The number of hydrogen-bond donors (Lipinski definition) is 0. The molecule has 11 rings (SSSR count). The Morgan fingerprint density at radius 2 is 1.28 bits per heavy atom. The Balaban J connectivity index is 1.31. The molecule has 4 heterocycles. The van der Waals surface area contributed by atoms with Crippen molar-refractivity contribution < 1.29 is 42.1 Å². The summed E-state index contributed by atoms with van der Waals surface area (Å²) in [6.07, 6.45) is 0. The summed E-state index contributed by atoms with van der Waals surface area (Å²) in [4.78, 5) is -0.214. The summed E-state index contributed by atoms with van der Waals surface area (Å²) in [6, 6.07) is -17.9. The maximum absolute atomic E-state index is 9.98. The summed E-state index contributed by atoms with van der Waals surface area (Å²) in [5.41, 5.74) is -4.79. The van der Waals surface area contributed by atoms with Gasteiger partial charge in [-0.25, -0.2) is 0 Å². The molecule has 218 valence electrons. The maximum atomic E-state index is 9.98. The van der Waals surface area contributed by atoms with E-state index >= 15 is 0 Å². The van der Waals surface area contributed by atoms with Crippen molar-refractivity contribution in [2.75, 3.05) is 0 Å². The first kappa shape index (κ1) is 11.9. The fraction of sp³-hybridized carbons (Fsp3) is 0. The molecule has 0 saturated carbocycles. The molecule has 0 fully saturated rings. The summed E-state index contributed by atoms with van der Waals surface area (Å²) in [5, 5.41) is -1.50. The lowest BCUT2D eigenvalue weighted by Crippen LogP contribution is -2.46. The highest BCUT2D eigenvalue weighted by Crippen LogP contribution is 2.46. The third-order valence-corrected chi connectivity index (χ3v) is 9.36. The smallest absolute Gasteiger partial charge is 0.289 e. The Kier molecular flexibility index (Phi) is 2.38. The Labute approximate surface area is 308 Å². The summed E-state index contributed by atoms with van der Waals surface area (Å²) >= 11 is 0.706. The standard InChI is InChI=1S/C42H24BNO2S/c1-5-15-34-28(10-1)29-11-2-6-16-35(29)44(34)26-20-21-37-33(24-26)43-42-32(30-12-4-8-19-40(30)47-43)22-25(23-39(42)46-37)27-14-9-18-38-41(27)31-13-3-7-17-36(31)45-38/h1-24H/i1D,2D,3D,4D,5D,6D,7D,8D,9D,10D,11D,12D,13D,14D,15D,16D,17D,18D,19D,20D,21D,22D,23D,24D. The van der Waals surface area contributed by atoms with Gasteiger partial charge < -0.3 is 13.7 Å². The average molecular weight is 642 g/mol. The lowest BCUT2D eigenvalue weighted by atomic mass is 9.57. The first-order chi connectivity index (χ1) is 33.3. The van der Waals surface area contributed by atoms with Gasteiger partial charge in [0.1, 0.15) is 22.7 Å². The highest BCUT2D eigenvalue weighted by Gasteiger charge is 2.39. The van der Waals surface area contributed by atoms with Crippen LogP contribution in [0.4, 0.5) is 0 Å². The molecule has 0 spiro atoms. The van der Waals surface area contributed by atoms with Gasteiger partial charge in [0, 0.05) is 32.1 Å². The third-order valence-electron chi connectivity index (χ3n) is 8.12. The monoisotopic (exact) mass is 641 g/mol. The molecule has 0 aliphatic carbocycles. The molecule has 0 saturated heterocycles. The molecule has 2 aromatic heterocycles. The van der Waals surface area contributed by atoms with E-state index in [1.165, 1.54) is 0 Å². The fourth-order valence-electron chi connectivity index (χ4n) is 6.19. The molecule has 3 nitrogen and oxygen atoms in total. The van der Waals surface area contributed by atoms with Gasteiger partial charge in [0.2, 0.25) is 0 Å². The number of ether oxygens (including phenoxy) is 1. The number of aromatic nitrogens is 1. The minimum atomic E-state index is -1.48. The molecule has 0 bridgehead atoms. The lowest BCUT2D eigenvalue weighted by Gasteiger charge is -2.33. The van der Waals surface area contributed by atoms with E-state index in [1.54, 1.807) is 0 Å². The van der Waals surface area contributed by atoms with Crippen LogP contribution in [0.2, 0.25) is 0 Å². The first-order valence-corrected chi connectivity index (χ1v) is 14.9. The van der Waals surface area contributed by atoms with Gasteiger partial charge in [0.05, 0.1) is 43.9 Å². The SMILES string of the molecule is [2H]c1c([2H])c([2H])c2c(c1[2H])SB1c3c([2H])c(-n4c5c([2H])c([2H])c([2H])c([2H])c5c5c([2H])c([2H])c([2H])c([2H])c54)c([2H])c([2H])c3Oc3c([2H])c(-c4c([2H])c([2H])c([2H])c5oc6c([2H])c([2H])c([2H])c([2H])c6c45)c([2H])c-2c31. The number of benzene rings is 7.